The van der Waals surface area contributed by atoms with Gasteiger partial charge in [-0.15, -0.1) is 0 Å². The van der Waals surface area contributed by atoms with Crippen LogP contribution in [0.4, 0.5) is 5.69 Å². The van der Waals surface area contributed by atoms with Gasteiger partial charge in [-0.25, -0.2) is 0 Å². The van der Waals surface area contributed by atoms with E-state index in [1.54, 1.807) is 7.11 Å². The number of anilines is 1. The minimum absolute atomic E-state index is 0.440. The highest BCUT2D eigenvalue weighted by Gasteiger charge is 2.19. The lowest BCUT2D eigenvalue weighted by molar-refractivity contribution is 0.271. The SMILES string of the molecule is CCN1CCN(c2cc(OC)ccc2C(N)=S)CC1. The molecule has 0 aromatic heterocycles. The maximum atomic E-state index is 5.82. The van der Waals surface area contributed by atoms with E-state index < -0.39 is 0 Å². The van der Waals surface area contributed by atoms with Crippen LogP contribution in [-0.2, 0) is 0 Å². The molecule has 1 heterocycles. The molecular formula is C14H21N3OS. The Hall–Kier alpha value is -1.33. The van der Waals surface area contributed by atoms with Gasteiger partial charge in [-0.1, -0.05) is 19.1 Å². The molecule has 0 unspecified atom stereocenters. The molecule has 4 nitrogen and oxygen atoms in total. The summed E-state index contributed by atoms with van der Waals surface area (Å²) in [6.45, 7) is 7.44. The van der Waals surface area contributed by atoms with Gasteiger partial charge >= 0.3 is 0 Å². The average Bonchev–Trinajstić information content (AvgIpc) is 2.46. The smallest absolute Gasteiger partial charge is 0.120 e. The molecule has 5 heteroatoms. The first-order valence-corrected chi connectivity index (χ1v) is 7.01. The number of piperazine rings is 1. The lowest BCUT2D eigenvalue weighted by Crippen LogP contribution is -2.46. The Balaban J connectivity index is 2.24. The molecule has 1 fully saturated rings. The summed E-state index contributed by atoms with van der Waals surface area (Å²) in [6, 6.07) is 5.87. The van der Waals surface area contributed by atoms with Crippen LogP contribution in [-0.4, -0.2) is 49.7 Å². The maximum absolute atomic E-state index is 5.82. The van der Waals surface area contributed by atoms with Gasteiger partial charge in [0.05, 0.1) is 12.8 Å². The van der Waals surface area contributed by atoms with Crippen molar-refractivity contribution < 1.29 is 4.74 Å². The van der Waals surface area contributed by atoms with E-state index >= 15 is 0 Å². The molecule has 0 saturated carbocycles. The van der Waals surface area contributed by atoms with Crippen LogP contribution in [0.3, 0.4) is 0 Å². The number of nitrogens with two attached hydrogens (primary N) is 1. The second-order valence-electron chi connectivity index (χ2n) is 4.67. The fraction of sp³-hybridized carbons (Fsp3) is 0.500. The Kier molecular flexibility index (Phi) is 4.61. The number of hydrogen-bond acceptors (Lipinski definition) is 4. The van der Waals surface area contributed by atoms with Crippen molar-refractivity contribution in [2.75, 3.05) is 44.7 Å². The predicted octanol–water partition coefficient (Wildman–Crippen LogP) is 1.47. The molecule has 2 rings (SSSR count). The van der Waals surface area contributed by atoms with Crippen LogP contribution in [0.5, 0.6) is 5.75 Å². The predicted molar refractivity (Wildman–Crippen MR) is 83.2 cm³/mol. The number of ether oxygens (including phenoxy) is 1. The van der Waals surface area contributed by atoms with Crippen LogP contribution in [0.1, 0.15) is 12.5 Å². The lowest BCUT2D eigenvalue weighted by Gasteiger charge is -2.36. The van der Waals surface area contributed by atoms with E-state index in [4.69, 9.17) is 22.7 Å². The van der Waals surface area contributed by atoms with Gasteiger partial charge in [0.25, 0.3) is 0 Å². The fourth-order valence-corrected chi connectivity index (χ4v) is 2.59. The minimum Gasteiger partial charge on any atom is -0.497 e. The molecular weight excluding hydrogens is 258 g/mol. The highest BCUT2D eigenvalue weighted by molar-refractivity contribution is 7.80. The molecule has 1 saturated heterocycles. The first-order chi connectivity index (χ1) is 9.15. The van der Waals surface area contributed by atoms with Crippen LogP contribution in [0.2, 0.25) is 0 Å². The fourth-order valence-electron chi connectivity index (χ4n) is 2.41. The van der Waals surface area contributed by atoms with Gasteiger partial charge in [-0.05, 0) is 18.7 Å². The molecule has 1 aliphatic heterocycles. The third kappa shape index (κ3) is 3.16. The summed E-state index contributed by atoms with van der Waals surface area (Å²) in [5.41, 5.74) is 7.84. The van der Waals surface area contributed by atoms with Crippen molar-refractivity contribution in [1.82, 2.24) is 4.90 Å². The van der Waals surface area contributed by atoms with Gasteiger partial charge in [0, 0.05) is 37.8 Å². The average molecular weight is 279 g/mol. The topological polar surface area (TPSA) is 41.7 Å². The van der Waals surface area contributed by atoms with Crippen LogP contribution in [0, 0.1) is 0 Å². The number of nitrogens with zero attached hydrogens (tertiary/aromatic N) is 2. The molecule has 0 aliphatic carbocycles. The van der Waals surface area contributed by atoms with E-state index in [0.29, 0.717) is 4.99 Å². The molecule has 0 radical (unpaired) electrons. The van der Waals surface area contributed by atoms with Crippen LogP contribution in [0.15, 0.2) is 18.2 Å². The van der Waals surface area contributed by atoms with E-state index in [1.807, 2.05) is 18.2 Å². The van der Waals surface area contributed by atoms with Gasteiger partial charge in [0.1, 0.15) is 10.7 Å². The van der Waals surface area contributed by atoms with Crippen LogP contribution < -0.4 is 15.4 Å². The van der Waals surface area contributed by atoms with Crippen molar-refractivity contribution in [2.45, 2.75) is 6.92 Å². The quantitative estimate of drug-likeness (QED) is 0.845. The zero-order chi connectivity index (χ0) is 13.8. The Morgan fingerprint density at radius 3 is 2.53 bits per heavy atom. The summed E-state index contributed by atoms with van der Waals surface area (Å²) in [7, 11) is 1.68. The van der Waals surface area contributed by atoms with Gasteiger partial charge < -0.3 is 20.3 Å². The van der Waals surface area contributed by atoms with E-state index in [1.165, 1.54) is 0 Å². The minimum atomic E-state index is 0.440. The monoisotopic (exact) mass is 279 g/mol. The number of benzene rings is 1. The van der Waals surface area contributed by atoms with Crippen molar-refractivity contribution in [1.29, 1.82) is 0 Å². The molecule has 0 spiro atoms. The number of methoxy groups -OCH3 is 1. The molecule has 0 atom stereocenters. The third-order valence-corrected chi connectivity index (χ3v) is 3.85. The number of likely N-dealkylation sites (N-methyl/N-ethyl adjacent to an activating group) is 1. The maximum Gasteiger partial charge on any atom is 0.120 e. The van der Waals surface area contributed by atoms with E-state index in [-0.39, 0.29) is 0 Å². The zero-order valence-corrected chi connectivity index (χ0v) is 12.4. The number of hydrogen-bond donors (Lipinski definition) is 1. The molecule has 1 aromatic rings. The van der Waals surface area contributed by atoms with Crippen LogP contribution in [0.25, 0.3) is 0 Å². The second kappa shape index (κ2) is 6.21. The Morgan fingerprint density at radius 1 is 1.32 bits per heavy atom. The van der Waals surface area contributed by atoms with Crippen molar-refractivity contribution in [3.63, 3.8) is 0 Å². The van der Waals surface area contributed by atoms with Gasteiger partial charge in [0.2, 0.25) is 0 Å². The largest absolute Gasteiger partial charge is 0.497 e. The van der Waals surface area contributed by atoms with Crippen molar-refractivity contribution in [3.05, 3.63) is 23.8 Å². The molecule has 0 amide bonds. The molecule has 1 aromatic carbocycles. The molecule has 19 heavy (non-hydrogen) atoms. The summed E-state index contributed by atoms with van der Waals surface area (Å²) < 4.78 is 5.30. The highest BCUT2D eigenvalue weighted by Crippen LogP contribution is 2.27. The Labute approximate surface area is 120 Å². The van der Waals surface area contributed by atoms with Gasteiger partial charge in [-0.2, -0.15) is 0 Å². The van der Waals surface area contributed by atoms with Crippen molar-refractivity contribution >= 4 is 22.9 Å². The zero-order valence-electron chi connectivity index (χ0n) is 11.6. The first kappa shape index (κ1) is 14.1. The van der Waals surface area contributed by atoms with Crippen molar-refractivity contribution in [3.8, 4) is 5.75 Å². The normalized spacial score (nSPS) is 16.4. The third-order valence-electron chi connectivity index (χ3n) is 3.63. The lowest BCUT2D eigenvalue weighted by atomic mass is 10.1. The van der Waals surface area contributed by atoms with Crippen LogP contribution >= 0.6 is 12.2 Å². The standard InChI is InChI=1S/C14H21N3OS/c1-3-16-6-8-17(9-7-16)13-10-11(18-2)4-5-12(13)14(15)19/h4-5,10H,3,6-9H2,1-2H3,(H2,15,19). The summed E-state index contributed by atoms with van der Waals surface area (Å²) in [5.74, 6) is 0.841. The molecule has 0 bridgehead atoms. The summed E-state index contributed by atoms with van der Waals surface area (Å²) in [5, 5.41) is 0. The second-order valence-corrected chi connectivity index (χ2v) is 5.11. The van der Waals surface area contributed by atoms with Crippen molar-refractivity contribution in [2.24, 2.45) is 5.73 Å². The summed E-state index contributed by atoms with van der Waals surface area (Å²) >= 11 is 5.14. The molecule has 2 N–H and O–H groups in total. The van der Waals surface area contributed by atoms with E-state index in [0.717, 1.165) is 49.7 Å². The molecule has 104 valence electrons. The van der Waals surface area contributed by atoms with E-state index in [2.05, 4.69) is 16.7 Å². The summed E-state index contributed by atoms with van der Waals surface area (Å²) in [4.78, 5) is 5.22. The summed E-state index contributed by atoms with van der Waals surface area (Å²) in [6.07, 6.45) is 0. The Morgan fingerprint density at radius 2 is 2.00 bits per heavy atom. The van der Waals surface area contributed by atoms with Gasteiger partial charge in [-0.3, -0.25) is 0 Å². The molecule has 1 aliphatic rings. The van der Waals surface area contributed by atoms with E-state index in [9.17, 15) is 0 Å². The number of rotatable bonds is 4. The highest BCUT2D eigenvalue weighted by atomic mass is 32.1. The number of thiocarbonyl (C=S) groups is 1. The Bertz CT molecular complexity index is 456. The first-order valence-electron chi connectivity index (χ1n) is 6.61. The van der Waals surface area contributed by atoms with Gasteiger partial charge in [0.15, 0.2) is 0 Å².